The smallest absolute Gasteiger partial charge is 0.271 e. The Balaban J connectivity index is 2.67. The van der Waals surface area contributed by atoms with Gasteiger partial charge in [0.15, 0.2) is 0 Å². The molecule has 7 nitrogen and oxygen atoms in total. The van der Waals surface area contributed by atoms with E-state index in [1.807, 2.05) is 0 Å². The Morgan fingerprint density at radius 3 is 2.79 bits per heavy atom. The lowest BCUT2D eigenvalue weighted by molar-refractivity contribution is -0.384. The van der Waals surface area contributed by atoms with Gasteiger partial charge in [-0.3, -0.25) is 19.8 Å². The molecule has 2 N–H and O–H groups in total. The summed E-state index contributed by atoms with van der Waals surface area (Å²) in [5.41, 5.74) is 0.176. The number of hydrogen-bond donors (Lipinski definition) is 2. The molecule has 1 rings (SSSR count). The molecular formula is C11H14ClN3O4. The minimum absolute atomic E-state index is 0.0396. The van der Waals surface area contributed by atoms with Crippen molar-refractivity contribution in [2.24, 2.45) is 0 Å². The fourth-order valence-corrected chi connectivity index (χ4v) is 1.63. The van der Waals surface area contributed by atoms with Crippen LogP contribution in [0, 0.1) is 10.1 Å². The number of nitrogens with one attached hydrogen (secondary N) is 1. The summed E-state index contributed by atoms with van der Waals surface area (Å²) < 4.78 is 0. The van der Waals surface area contributed by atoms with Gasteiger partial charge in [-0.2, -0.15) is 0 Å². The number of hydrogen-bond acceptors (Lipinski definition) is 5. The summed E-state index contributed by atoms with van der Waals surface area (Å²) in [5.74, 6) is -0.313. The van der Waals surface area contributed by atoms with Gasteiger partial charge in [0.2, 0.25) is 5.91 Å². The quantitative estimate of drug-likeness (QED) is 0.603. The van der Waals surface area contributed by atoms with Crippen molar-refractivity contribution in [3.8, 4) is 0 Å². The van der Waals surface area contributed by atoms with Gasteiger partial charge in [-0.05, 0) is 13.1 Å². The lowest BCUT2D eigenvalue weighted by atomic mass is 10.3. The van der Waals surface area contributed by atoms with Crippen molar-refractivity contribution in [1.82, 2.24) is 4.90 Å². The number of benzene rings is 1. The number of non-ortho nitro benzene ring substituents is 1. The first kappa shape index (κ1) is 15.4. The van der Waals surface area contributed by atoms with E-state index in [-0.39, 0.29) is 29.8 Å². The van der Waals surface area contributed by atoms with Crippen LogP contribution in [0.5, 0.6) is 0 Å². The van der Waals surface area contributed by atoms with Crippen LogP contribution < -0.4 is 5.32 Å². The molecule has 1 amide bonds. The molecule has 0 spiro atoms. The molecule has 8 heteroatoms. The topological polar surface area (TPSA) is 95.7 Å². The molecule has 0 heterocycles. The number of nitro groups is 1. The number of halogens is 1. The fourth-order valence-electron chi connectivity index (χ4n) is 1.40. The Kier molecular flexibility index (Phi) is 5.68. The average molecular weight is 288 g/mol. The molecular weight excluding hydrogens is 274 g/mol. The highest BCUT2D eigenvalue weighted by atomic mass is 35.5. The third-order valence-corrected chi connectivity index (χ3v) is 2.65. The number of likely N-dealkylation sites (N-methyl/N-ethyl adjacent to an activating group) is 1. The highest BCUT2D eigenvalue weighted by Gasteiger charge is 2.12. The Morgan fingerprint density at radius 2 is 2.26 bits per heavy atom. The van der Waals surface area contributed by atoms with Gasteiger partial charge in [0.05, 0.1) is 28.8 Å². The molecule has 19 heavy (non-hydrogen) atoms. The number of aliphatic hydroxyl groups excluding tert-OH is 1. The Morgan fingerprint density at radius 1 is 1.58 bits per heavy atom. The van der Waals surface area contributed by atoms with Crippen LogP contribution in [0.3, 0.4) is 0 Å². The van der Waals surface area contributed by atoms with Crippen molar-refractivity contribution >= 4 is 28.9 Å². The normalized spacial score (nSPS) is 10.5. The SMILES string of the molecule is CN(CCO)CC(=O)Nc1ccc([N+](=O)[O-])cc1Cl. The van der Waals surface area contributed by atoms with Gasteiger partial charge in [0.25, 0.3) is 5.69 Å². The van der Waals surface area contributed by atoms with Crippen molar-refractivity contribution in [3.63, 3.8) is 0 Å². The molecule has 0 radical (unpaired) electrons. The third-order valence-electron chi connectivity index (χ3n) is 2.33. The number of aliphatic hydroxyl groups is 1. The van der Waals surface area contributed by atoms with E-state index in [0.29, 0.717) is 12.2 Å². The van der Waals surface area contributed by atoms with E-state index in [4.69, 9.17) is 16.7 Å². The molecule has 0 unspecified atom stereocenters. The van der Waals surface area contributed by atoms with Gasteiger partial charge in [0, 0.05) is 18.7 Å². The molecule has 0 bridgehead atoms. The summed E-state index contributed by atoms with van der Waals surface area (Å²) in [5, 5.41) is 21.9. The molecule has 104 valence electrons. The summed E-state index contributed by atoms with van der Waals surface area (Å²) in [6, 6.07) is 3.82. The molecule has 0 aliphatic carbocycles. The summed E-state index contributed by atoms with van der Waals surface area (Å²) in [7, 11) is 1.69. The van der Waals surface area contributed by atoms with Crippen molar-refractivity contribution in [2.45, 2.75) is 0 Å². The van der Waals surface area contributed by atoms with E-state index >= 15 is 0 Å². The van der Waals surface area contributed by atoms with Crippen LogP contribution in [-0.4, -0.2) is 47.6 Å². The number of amides is 1. The van der Waals surface area contributed by atoms with Crippen LogP contribution in [-0.2, 0) is 4.79 Å². The minimum Gasteiger partial charge on any atom is -0.395 e. The van der Waals surface area contributed by atoms with Crippen molar-refractivity contribution < 1.29 is 14.8 Å². The van der Waals surface area contributed by atoms with E-state index in [0.717, 1.165) is 0 Å². The Hall–Kier alpha value is -1.70. The Labute approximate surface area is 114 Å². The monoisotopic (exact) mass is 287 g/mol. The second-order valence-electron chi connectivity index (χ2n) is 3.93. The average Bonchev–Trinajstić information content (AvgIpc) is 2.31. The molecule has 0 aliphatic heterocycles. The first-order chi connectivity index (χ1) is 8.93. The molecule has 1 aromatic rings. The molecule has 1 aromatic carbocycles. The number of carbonyl (C=O) groups excluding carboxylic acids is 1. The van der Waals surface area contributed by atoms with Crippen LogP contribution in [0.4, 0.5) is 11.4 Å². The van der Waals surface area contributed by atoms with Crippen molar-refractivity contribution in [1.29, 1.82) is 0 Å². The van der Waals surface area contributed by atoms with Crippen LogP contribution in [0.15, 0.2) is 18.2 Å². The molecule has 0 atom stereocenters. The zero-order valence-electron chi connectivity index (χ0n) is 10.3. The van der Waals surface area contributed by atoms with E-state index in [1.54, 1.807) is 11.9 Å². The number of nitro benzene ring substituents is 1. The van der Waals surface area contributed by atoms with Crippen LogP contribution in [0.1, 0.15) is 0 Å². The van der Waals surface area contributed by atoms with E-state index in [9.17, 15) is 14.9 Å². The van der Waals surface area contributed by atoms with Gasteiger partial charge in [0.1, 0.15) is 0 Å². The number of rotatable bonds is 6. The lowest BCUT2D eigenvalue weighted by Gasteiger charge is -2.14. The largest absolute Gasteiger partial charge is 0.395 e. The maximum absolute atomic E-state index is 11.6. The summed E-state index contributed by atoms with van der Waals surface area (Å²) in [6.45, 7) is 0.428. The van der Waals surface area contributed by atoms with Crippen molar-refractivity contribution in [2.75, 3.05) is 32.1 Å². The molecule has 0 saturated carbocycles. The van der Waals surface area contributed by atoms with Crippen LogP contribution in [0.2, 0.25) is 5.02 Å². The number of anilines is 1. The fraction of sp³-hybridized carbons (Fsp3) is 0.364. The van der Waals surface area contributed by atoms with E-state index in [2.05, 4.69) is 5.32 Å². The highest BCUT2D eigenvalue weighted by Crippen LogP contribution is 2.26. The predicted molar refractivity (Wildman–Crippen MR) is 71.3 cm³/mol. The van der Waals surface area contributed by atoms with Gasteiger partial charge >= 0.3 is 0 Å². The predicted octanol–water partition coefficient (Wildman–Crippen LogP) is 1.11. The summed E-state index contributed by atoms with van der Waals surface area (Å²) >= 11 is 5.84. The van der Waals surface area contributed by atoms with E-state index < -0.39 is 4.92 Å². The second kappa shape index (κ2) is 7.03. The van der Waals surface area contributed by atoms with Crippen LogP contribution >= 0.6 is 11.6 Å². The van der Waals surface area contributed by atoms with Crippen LogP contribution in [0.25, 0.3) is 0 Å². The van der Waals surface area contributed by atoms with E-state index in [1.165, 1.54) is 18.2 Å². The highest BCUT2D eigenvalue weighted by molar-refractivity contribution is 6.34. The maximum atomic E-state index is 11.6. The standard InChI is InChI=1S/C11H14ClN3O4/c1-14(4-5-16)7-11(17)13-10-3-2-8(15(18)19)6-9(10)12/h2-3,6,16H,4-5,7H2,1H3,(H,13,17). The molecule has 0 saturated heterocycles. The molecule has 0 aliphatic rings. The maximum Gasteiger partial charge on any atom is 0.271 e. The van der Waals surface area contributed by atoms with Gasteiger partial charge in [-0.15, -0.1) is 0 Å². The zero-order chi connectivity index (χ0) is 14.4. The number of nitrogens with zero attached hydrogens (tertiary/aromatic N) is 2. The molecule has 0 aromatic heterocycles. The second-order valence-corrected chi connectivity index (χ2v) is 4.34. The lowest BCUT2D eigenvalue weighted by Crippen LogP contribution is -2.32. The van der Waals surface area contributed by atoms with Gasteiger partial charge in [-0.1, -0.05) is 11.6 Å². The minimum atomic E-state index is -0.563. The zero-order valence-corrected chi connectivity index (χ0v) is 11.1. The van der Waals surface area contributed by atoms with Crippen molar-refractivity contribution in [3.05, 3.63) is 33.3 Å². The first-order valence-corrected chi connectivity index (χ1v) is 5.85. The summed E-state index contributed by atoms with van der Waals surface area (Å²) in [6.07, 6.45) is 0. The Bertz CT molecular complexity index is 481. The molecule has 0 fully saturated rings. The first-order valence-electron chi connectivity index (χ1n) is 5.47. The van der Waals surface area contributed by atoms with Gasteiger partial charge < -0.3 is 10.4 Å². The number of carbonyl (C=O) groups is 1. The van der Waals surface area contributed by atoms with Gasteiger partial charge in [-0.25, -0.2) is 0 Å². The third kappa shape index (κ3) is 4.82. The summed E-state index contributed by atoms with van der Waals surface area (Å²) in [4.78, 5) is 23.2.